The zero-order valence-electron chi connectivity index (χ0n) is 16.6. The largest absolute Gasteiger partial charge is 0.370 e. The number of anilines is 1. The van der Waals surface area contributed by atoms with Gasteiger partial charge in [-0.05, 0) is 25.0 Å². The van der Waals surface area contributed by atoms with Crippen molar-refractivity contribution in [1.82, 2.24) is 14.8 Å². The number of carbonyl (C=O) groups excluding carboxylic acids is 2. The molecule has 0 saturated carbocycles. The summed E-state index contributed by atoms with van der Waals surface area (Å²) in [5.41, 5.74) is 7.14. The molecule has 2 amide bonds. The summed E-state index contributed by atoms with van der Waals surface area (Å²) in [6.45, 7) is 4.40. The van der Waals surface area contributed by atoms with E-state index in [9.17, 15) is 9.59 Å². The number of amides is 2. The van der Waals surface area contributed by atoms with Crippen LogP contribution in [0.25, 0.3) is 0 Å². The average Bonchev–Trinajstić information content (AvgIpc) is 3.37. The lowest BCUT2D eigenvalue weighted by Gasteiger charge is -2.35. The number of carbonyl (C=O) groups is 2. The van der Waals surface area contributed by atoms with Gasteiger partial charge in [-0.1, -0.05) is 12.1 Å². The Labute approximate surface area is 196 Å². The summed E-state index contributed by atoms with van der Waals surface area (Å²) in [6.07, 6.45) is 3.30. The fourth-order valence-electron chi connectivity index (χ4n) is 3.62. The Morgan fingerprint density at radius 2 is 1.73 bits per heavy atom. The van der Waals surface area contributed by atoms with Gasteiger partial charge in [0.05, 0.1) is 11.1 Å². The van der Waals surface area contributed by atoms with E-state index in [2.05, 4.69) is 19.8 Å². The number of rotatable bonds is 6. The van der Waals surface area contributed by atoms with Gasteiger partial charge in [-0.25, -0.2) is 4.98 Å². The lowest BCUT2D eigenvalue weighted by molar-refractivity contribution is 0.0652. The lowest BCUT2D eigenvalue weighted by atomic mass is 10.1. The lowest BCUT2D eigenvalue weighted by Crippen LogP contribution is -2.51. The van der Waals surface area contributed by atoms with E-state index in [0.717, 1.165) is 37.7 Å². The SMILES string of the molecule is I.NC(=NCCCCN1C(=O)c2ccccc2C1=O)N1CCN(c2nccs2)CC1. The smallest absolute Gasteiger partial charge is 0.261 e. The number of unbranched alkanes of at least 4 members (excludes halogenated alkanes) is 1. The molecule has 1 fully saturated rings. The van der Waals surface area contributed by atoms with E-state index in [1.165, 1.54) is 4.90 Å². The van der Waals surface area contributed by atoms with Crippen LogP contribution in [-0.4, -0.2) is 71.8 Å². The third kappa shape index (κ3) is 4.75. The van der Waals surface area contributed by atoms with Gasteiger partial charge in [-0.15, -0.1) is 35.3 Å². The summed E-state index contributed by atoms with van der Waals surface area (Å²) >= 11 is 1.65. The number of thiazole rings is 1. The summed E-state index contributed by atoms with van der Waals surface area (Å²) in [5.74, 6) is 0.156. The van der Waals surface area contributed by atoms with Gasteiger partial charge in [0.25, 0.3) is 11.8 Å². The quantitative estimate of drug-likeness (QED) is 0.199. The molecule has 1 aromatic carbocycles. The molecule has 160 valence electrons. The highest BCUT2D eigenvalue weighted by Gasteiger charge is 2.34. The van der Waals surface area contributed by atoms with E-state index < -0.39 is 0 Å². The molecule has 0 unspecified atom stereocenters. The molecule has 30 heavy (non-hydrogen) atoms. The Morgan fingerprint density at radius 3 is 2.33 bits per heavy atom. The normalized spacial score (nSPS) is 16.7. The Balaban J connectivity index is 0.00000256. The second-order valence-electron chi connectivity index (χ2n) is 7.04. The van der Waals surface area contributed by atoms with E-state index in [0.29, 0.717) is 36.6 Å². The maximum Gasteiger partial charge on any atom is 0.261 e. The van der Waals surface area contributed by atoms with Crippen molar-refractivity contribution in [3.05, 3.63) is 47.0 Å². The zero-order chi connectivity index (χ0) is 20.2. The van der Waals surface area contributed by atoms with Crippen LogP contribution in [0.2, 0.25) is 0 Å². The van der Waals surface area contributed by atoms with Crippen molar-refractivity contribution in [2.75, 3.05) is 44.2 Å². The van der Waals surface area contributed by atoms with Crippen molar-refractivity contribution < 1.29 is 9.59 Å². The number of halogens is 1. The van der Waals surface area contributed by atoms with Crippen molar-refractivity contribution >= 4 is 58.2 Å². The summed E-state index contributed by atoms with van der Waals surface area (Å²) in [5, 5.41) is 3.03. The van der Waals surface area contributed by atoms with Gasteiger partial charge in [0.15, 0.2) is 11.1 Å². The number of nitrogens with two attached hydrogens (primary N) is 1. The average molecular weight is 540 g/mol. The minimum absolute atomic E-state index is 0. The van der Waals surface area contributed by atoms with Gasteiger partial charge in [0, 0.05) is 50.8 Å². The zero-order valence-corrected chi connectivity index (χ0v) is 19.7. The van der Waals surface area contributed by atoms with Crippen LogP contribution in [-0.2, 0) is 0 Å². The van der Waals surface area contributed by atoms with E-state index in [4.69, 9.17) is 5.73 Å². The Hall–Kier alpha value is -2.21. The van der Waals surface area contributed by atoms with Crippen molar-refractivity contribution in [3.63, 3.8) is 0 Å². The number of guanidine groups is 1. The first-order valence-corrected chi connectivity index (χ1v) is 10.7. The van der Waals surface area contributed by atoms with Crippen LogP contribution in [0.1, 0.15) is 33.6 Å². The summed E-state index contributed by atoms with van der Waals surface area (Å²) in [7, 11) is 0. The van der Waals surface area contributed by atoms with Gasteiger partial charge >= 0.3 is 0 Å². The van der Waals surface area contributed by atoms with Gasteiger partial charge < -0.3 is 15.5 Å². The van der Waals surface area contributed by atoms with Gasteiger partial charge in [-0.3, -0.25) is 19.5 Å². The molecule has 0 atom stereocenters. The first-order chi connectivity index (χ1) is 14.1. The molecule has 4 rings (SSSR count). The third-order valence-corrected chi connectivity index (χ3v) is 6.07. The molecule has 0 spiro atoms. The number of piperazine rings is 1. The molecule has 10 heteroatoms. The van der Waals surface area contributed by atoms with Crippen molar-refractivity contribution in [1.29, 1.82) is 0 Å². The number of benzene rings is 1. The van der Waals surface area contributed by atoms with E-state index in [1.807, 2.05) is 11.6 Å². The molecule has 8 nitrogen and oxygen atoms in total. The molecule has 0 radical (unpaired) electrons. The summed E-state index contributed by atoms with van der Waals surface area (Å²) < 4.78 is 0. The van der Waals surface area contributed by atoms with E-state index >= 15 is 0 Å². The van der Waals surface area contributed by atoms with Crippen molar-refractivity contribution in [2.45, 2.75) is 12.8 Å². The maximum absolute atomic E-state index is 12.3. The van der Waals surface area contributed by atoms with Crippen molar-refractivity contribution in [3.8, 4) is 0 Å². The minimum atomic E-state index is -0.202. The highest BCUT2D eigenvalue weighted by Crippen LogP contribution is 2.22. The van der Waals surface area contributed by atoms with Crippen LogP contribution in [0.15, 0.2) is 40.8 Å². The molecule has 2 aliphatic heterocycles. The summed E-state index contributed by atoms with van der Waals surface area (Å²) in [4.78, 5) is 39.2. The van der Waals surface area contributed by atoms with Crippen LogP contribution in [0.4, 0.5) is 5.13 Å². The van der Waals surface area contributed by atoms with Gasteiger partial charge in [-0.2, -0.15) is 0 Å². The minimum Gasteiger partial charge on any atom is -0.370 e. The number of fused-ring (bicyclic) bond motifs is 1. The third-order valence-electron chi connectivity index (χ3n) is 5.24. The van der Waals surface area contributed by atoms with E-state index in [-0.39, 0.29) is 35.8 Å². The molecule has 1 aromatic heterocycles. The standard InChI is InChI=1S/C20H24N6O2S.HI/c21-19(24-10-12-25(13-11-24)20-23-8-14-29-20)22-7-3-4-9-26-17(27)15-5-1-2-6-16(15)18(26)28;/h1-2,5-6,8,14H,3-4,7,9-13H2,(H2,21,22);1H. The number of aliphatic imine (C=N–C) groups is 1. The molecule has 2 aliphatic rings. The molecule has 2 N–H and O–H groups in total. The summed E-state index contributed by atoms with van der Waals surface area (Å²) in [6, 6.07) is 6.97. The maximum atomic E-state index is 12.3. The van der Waals surface area contributed by atoms with Crippen LogP contribution >= 0.6 is 35.3 Å². The highest BCUT2D eigenvalue weighted by molar-refractivity contribution is 14.0. The van der Waals surface area contributed by atoms with Gasteiger partial charge in [0.2, 0.25) is 0 Å². The number of hydrogen-bond donors (Lipinski definition) is 1. The topological polar surface area (TPSA) is 95.1 Å². The molecule has 1 saturated heterocycles. The second-order valence-corrected chi connectivity index (χ2v) is 7.92. The Morgan fingerprint density at radius 1 is 1.07 bits per heavy atom. The first-order valence-electron chi connectivity index (χ1n) is 9.79. The van der Waals surface area contributed by atoms with Crippen LogP contribution in [0.5, 0.6) is 0 Å². The highest BCUT2D eigenvalue weighted by atomic mass is 127. The van der Waals surface area contributed by atoms with Gasteiger partial charge in [0.1, 0.15) is 0 Å². The molecular weight excluding hydrogens is 515 g/mol. The molecule has 3 heterocycles. The molecule has 0 bridgehead atoms. The molecular formula is C20H25IN6O2S. The fraction of sp³-hybridized carbons (Fsp3) is 0.400. The fourth-order valence-corrected chi connectivity index (χ4v) is 4.31. The van der Waals surface area contributed by atoms with Crippen LogP contribution in [0.3, 0.4) is 0 Å². The van der Waals surface area contributed by atoms with Crippen LogP contribution in [0, 0.1) is 0 Å². The number of aromatic nitrogens is 1. The number of hydrogen-bond acceptors (Lipinski definition) is 6. The number of imide groups is 1. The Kier molecular flexibility index (Phi) is 7.64. The number of nitrogens with zero attached hydrogens (tertiary/aromatic N) is 5. The first kappa shape index (κ1) is 22.5. The van der Waals surface area contributed by atoms with Crippen LogP contribution < -0.4 is 10.6 Å². The molecule has 2 aromatic rings. The second kappa shape index (κ2) is 10.2. The molecule has 0 aliphatic carbocycles. The predicted octanol–water partition coefficient (Wildman–Crippen LogP) is 2.27. The van der Waals surface area contributed by atoms with Crippen molar-refractivity contribution in [2.24, 2.45) is 10.7 Å². The predicted molar refractivity (Wildman–Crippen MR) is 129 cm³/mol. The monoisotopic (exact) mass is 540 g/mol. The Bertz CT molecular complexity index is 877. The van der Waals surface area contributed by atoms with E-state index in [1.54, 1.807) is 35.6 Å².